The van der Waals surface area contributed by atoms with Gasteiger partial charge in [0, 0.05) is 11.8 Å². The van der Waals surface area contributed by atoms with Crippen molar-refractivity contribution < 1.29 is 4.52 Å². The number of nitrogens with zero attached hydrogens (tertiary/aromatic N) is 2. The largest absolute Gasteiger partial charge is 0.337 e. The van der Waals surface area contributed by atoms with Crippen molar-refractivity contribution in [2.45, 2.75) is 57.0 Å². The third kappa shape index (κ3) is 4.52. The van der Waals surface area contributed by atoms with Gasteiger partial charge in [-0.2, -0.15) is 16.7 Å². The number of aromatic nitrogens is 2. The maximum Gasteiger partial charge on any atom is 0.321 e. The molecule has 0 bridgehead atoms. The molecule has 0 aromatic carbocycles. The Bertz CT molecular complexity index is 348. The van der Waals surface area contributed by atoms with Crippen molar-refractivity contribution in [3.8, 4) is 0 Å². The van der Waals surface area contributed by atoms with Crippen LogP contribution in [0.25, 0.3) is 0 Å². The van der Waals surface area contributed by atoms with Crippen LogP contribution in [0.5, 0.6) is 0 Å². The topological polar surface area (TPSA) is 51.0 Å². The highest BCUT2D eigenvalue weighted by Gasteiger charge is 2.15. The number of hydrogen-bond acceptors (Lipinski definition) is 5. The molecule has 1 aliphatic rings. The predicted octanol–water partition coefficient (Wildman–Crippen LogP) is 3.70. The Hall–Kier alpha value is -0.710. The lowest BCUT2D eigenvalue weighted by Crippen LogP contribution is -2.09. The SMILES string of the molecule is CC(C)CNc1nc(CSC2CCCCC2)no1. The van der Waals surface area contributed by atoms with Gasteiger partial charge in [0.05, 0.1) is 5.75 Å². The molecule has 0 atom stereocenters. The Kier molecular flexibility index (Phi) is 5.35. The monoisotopic (exact) mass is 269 g/mol. The zero-order valence-corrected chi connectivity index (χ0v) is 12.1. The van der Waals surface area contributed by atoms with Crippen molar-refractivity contribution in [1.82, 2.24) is 10.1 Å². The van der Waals surface area contributed by atoms with Gasteiger partial charge in [-0.25, -0.2) is 0 Å². The molecular formula is C13H23N3OS. The molecule has 102 valence electrons. The van der Waals surface area contributed by atoms with E-state index in [1.165, 1.54) is 32.1 Å². The van der Waals surface area contributed by atoms with Crippen molar-refractivity contribution >= 4 is 17.8 Å². The minimum atomic E-state index is 0.558. The average molecular weight is 269 g/mol. The molecule has 1 aromatic heterocycles. The summed E-state index contributed by atoms with van der Waals surface area (Å²) in [5.74, 6) is 2.27. The van der Waals surface area contributed by atoms with Crippen LogP contribution in [0.15, 0.2) is 4.52 Å². The third-order valence-electron chi connectivity index (χ3n) is 3.13. The van der Waals surface area contributed by atoms with Crippen LogP contribution in [0.4, 0.5) is 6.01 Å². The summed E-state index contributed by atoms with van der Waals surface area (Å²) in [5, 5.41) is 7.96. The molecule has 1 aliphatic carbocycles. The first kappa shape index (κ1) is 13.7. The van der Waals surface area contributed by atoms with Crippen molar-refractivity contribution in [3.63, 3.8) is 0 Å². The highest BCUT2D eigenvalue weighted by atomic mass is 32.2. The maximum atomic E-state index is 5.17. The number of anilines is 1. The van der Waals surface area contributed by atoms with Gasteiger partial charge in [0.25, 0.3) is 0 Å². The third-order valence-corrected chi connectivity index (χ3v) is 4.50. The molecule has 1 fully saturated rings. The summed E-state index contributed by atoms with van der Waals surface area (Å²) >= 11 is 1.98. The first-order chi connectivity index (χ1) is 8.74. The lowest BCUT2D eigenvalue weighted by atomic mass is 10.0. The van der Waals surface area contributed by atoms with Gasteiger partial charge in [-0.1, -0.05) is 38.3 Å². The van der Waals surface area contributed by atoms with Gasteiger partial charge < -0.3 is 9.84 Å². The molecule has 0 saturated heterocycles. The molecule has 0 radical (unpaired) electrons. The number of thioether (sulfide) groups is 1. The molecule has 1 aromatic rings. The fourth-order valence-electron chi connectivity index (χ4n) is 2.10. The van der Waals surface area contributed by atoms with Crippen molar-refractivity contribution in [2.24, 2.45) is 5.92 Å². The summed E-state index contributed by atoms with van der Waals surface area (Å²) in [6.07, 6.45) is 6.86. The first-order valence-electron chi connectivity index (χ1n) is 6.92. The highest BCUT2D eigenvalue weighted by Crippen LogP contribution is 2.29. The summed E-state index contributed by atoms with van der Waals surface area (Å²) in [6.45, 7) is 5.18. The quantitative estimate of drug-likeness (QED) is 0.853. The molecule has 1 N–H and O–H groups in total. The summed E-state index contributed by atoms with van der Waals surface area (Å²) in [4.78, 5) is 4.36. The van der Waals surface area contributed by atoms with Gasteiger partial charge in [-0.05, 0) is 18.8 Å². The molecule has 4 nitrogen and oxygen atoms in total. The average Bonchev–Trinajstić information content (AvgIpc) is 2.83. The second-order valence-corrected chi connectivity index (χ2v) is 6.65. The van der Waals surface area contributed by atoms with Crippen molar-refractivity contribution in [2.75, 3.05) is 11.9 Å². The van der Waals surface area contributed by atoms with E-state index in [4.69, 9.17) is 4.52 Å². The Morgan fingerprint density at radius 3 is 2.83 bits per heavy atom. The summed E-state index contributed by atoms with van der Waals surface area (Å²) < 4.78 is 5.17. The molecule has 0 spiro atoms. The molecule has 0 aliphatic heterocycles. The smallest absolute Gasteiger partial charge is 0.321 e. The predicted molar refractivity (Wildman–Crippen MR) is 75.8 cm³/mol. The Morgan fingerprint density at radius 2 is 2.11 bits per heavy atom. The Labute approximate surface area is 113 Å². The van der Waals surface area contributed by atoms with Crippen molar-refractivity contribution in [3.05, 3.63) is 5.82 Å². The second-order valence-electron chi connectivity index (χ2n) is 5.36. The van der Waals surface area contributed by atoms with E-state index in [9.17, 15) is 0 Å². The van der Waals surface area contributed by atoms with Crippen LogP contribution >= 0.6 is 11.8 Å². The lowest BCUT2D eigenvalue weighted by Gasteiger charge is -2.19. The standard InChI is InChI=1S/C13H23N3OS/c1-10(2)8-14-13-15-12(16-17-13)9-18-11-6-4-3-5-7-11/h10-11H,3-9H2,1-2H3,(H,14,15,16). The first-order valence-corrected chi connectivity index (χ1v) is 7.97. The molecule has 1 heterocycles. The van der Waals surface area contributed by atoms with Gasteiger partial charge in [-0.3, -0.25) is 0 Å². The zero-order chi connectivity index (χ0) is 12.8. The lowest BCUT2D eigenvalue weighted by molar-refractivity contribution is 0.423. The van der Waals surface area contributed by atoms with Crippen LogP contribution in [0.2, 0.25) is 0 Å². The van der Waals surface area contributed by atoms with Crippen LogP contribution < -0.4 is 5.32 Å². The number of nitrogens with one attached hydrogen (secondary N) is 1. The van der Waals surface area contributed by atoms with Crippen molar-refractivity contribution in [1.29, 1.82) is 0 Å². The molecular weight excluding hydrogens is 246 g/mol. The normalized spacial score (nSPS) is 17.3. The number of hydrogen-bond donors (Lipinski definition) is 1. The van der Waals surface area contributed by atoms with E-state index >= 15 is 0 Å². The van der Waals surface area contributed by atoms with E-state index < -0.39 is 0 Å². The summed E-state index contributed by atoms with van der Waals surface area (Å²) in [7, 11) is 0. The van der Waals surface area contributed by atoms with Crippen LogP contribution in [-0.4, -0.2) is 21.9 Å². The molecule has 2 rings (SSSR count). The van der Waals surface area contributed by atoms with E-state index in [0.717, 1.165) is 23.4 Å². The fourth-order valence-corrected chi connectivity index (χ4v) is 3.27. The van der Waals surface area contributed by atoms with E-state index in [1.807, 2.05) is 11.8 Å². The van der Waals surface area contributed by atoms with Gasteiger partial charge >= 0.3 is 6.01 Å². The van der Waals surface area contributed by atoms with E-state index in [0.29, 0.717) is 11.9 Å². The van der Waals surface area contributed by atoms with Crippen LogP contribution in [-0.2, 0) is 5.75 Å². The molecule has 1 saturated carbocycles. The van der Waals surface area contributed by atoms with Gasteiger partial charge in [0.1, 0.15) is 0 Å². The second kappa shape index (κ2) is 7.02. The zero-order valence-electron chi connectivity index (χ0n) is 11.3. The van der Waals surface area contributed by atoms with Gasteiger partial charge in [-0.15, -0.1) is 0 Å². The summed E-state index contributed by atoms with van der Waals surface area (Å²) in [6, 6.07) is 0.558. The highest BCUT2D eigenvalue weighted by molar-refractivity contribution is 7.99. The Morgan fingerprint density at radius 1 is 1.33 bits per heavy atom. The fraction of sp³-hybridized carbons (Fsp3) is 0.846. The number of rotatable bonds is 6. The molecule has 0 unspecified atom stereocenters. The van der Waals surface area contributed by atoms with E-state index in [1.54, 1.807) is 0 Å². The molecule has 5 heteroatoms. The van der Waals surface area contributed by atoms with E-state index in [-0.39, 0.29) is 0 Å². The molecule has 0 amide bonds. The Balaban J connectivity index is 1.72. The minimum Gasteiger partial charge on any atom is -0.337 e. The summed E-state index contributed by atoms with van der Waals surface area (Å²) in [5.41, 5.74) is 0. The minimum absolute atomic E-state index is 0.558. The molecule has 18 heavy (non-hydrogen) atoms. The van der Waals surface area contributed by atoms with Crippen LogP contribution in [0, 0.1) is 5.92 Å². The van der Waals surface area contributed by atoms with Crippen LogP contribution in [0.1, 0.15) is 51.8 Å². The maximum absolute atomic E-state index is 5.17. The van der Waals surface area contributed by atoms with Gasteiger partial charge in [0.15, 0.2) is 5.82 Å². The van der Waals surface area contributed by atoms with Gasteiger partial charge in [0.2, 0.25) is 0 Å². The van der Waals surface area contributed by atoms with E-state index in [2.05, 4.69) is 29.3 Å². The van der Waals surface area contributed by atoms with Crippen LogP contribution in [0.3, 0.4) is 0 Å².